The average Bonchev–Trinajstić information content (AvgIpc) is 2.01. The molecule has 0 atom stereocenters. The standard InChI is InChI=1S/C7H6F2INO2/c8-7(9)6-3(10)1-5(13)11-4(6)2-12/h1,7,12H,2H2,(H,11,13). The van der Waals surface area contributed by atoms with Crippen LogP contribution in [0.15, 0.2) is 10.9 Å². The third-order valence-corrected chi connectivity index (χ3v) is 2.38. The van der Waals surface area contributed by atoms with Crippen LogP contribution >= 0.6 is 22.6 Å². The van der Waals surface area contributed by atoms with Crippen molar-refractivity contribution in [2.45, 2.75) is 13.0 Å². The Morgan fingerprint density at radius 2 is 2.23 bits per heavy atom. The zero-order chi connectivity index (χ0) is 10.0. The molecule has 1 aromatic rings. The highest BCUT2D eigenvalue weighted by Crippen LogP contribution is 2.25. The van der Waals surface area contributed by atoms with Crippen LogP contribution < -0.4 is 5.56 Å². The zero-order valence-corrected chi connectivity index (χ0v) is 8.51. The fourth-order valence-electron chi connectivity index (χ4n) is 0.950. The summed E-state index contributed by atoms with van der Waals surface area (Å²) in [5, 5.41) is 8.71. The molecule has 0 amide bonds. The van der Waals surface area contributed by atoms with Crippen molar-refractivity contribution < 1.29 is 13.9 Å². The van der Waals surface area contributed by atoms with Crippen molar-refractivity contribution >= 4 is 22.6 Å². The molecule has 3 nitrogen and oxygen atoms in total. The number of rotatable bonds is 2. The first-order valence-corrected chi connectivity index (χ1v) is 4.44. The fraction of sp³-hybridized carbons (Fsp3) is 0.286. The molecule has 0 saturated carbocycles. The normalized spacial score (nSPS) is 10.8. The Labute approximate surface area is 85.9 Å². The average molecular weight is 301 g/mol. The minimum absolute atomic E-state index is 0.119. The predicted molar refractivity (Wildman–Crippen MR) is 50.7 cm³/mol. The van der Waals surface area contributed by atoms with Gasteiger partial charge in [-0.1, -0.05) is 0 Å². The molecule has 72 valence electrons. The Bertz CT molecular complexity index is 364. The van der Waals surface area contributed by atoms with Crippen LogP contribution in [0.2, 0.25) is 0 Å². The maximum absolute atomic E-state index is 12.4. The number of aliphatic hydroxyl groups is 1. The number of nitrogens with one attached hydrogen (secondary N) is 1. The number of alkyl halides is 2. The summed E-state index contributed by atoms with van der Waals surface area (Å²) in [5.74, 6) is 0. The van der Waals surface area contributed by atoms with Gasteiger partial charge in [-0.05, 0) is 22.6 Å². The smallest absolute Gasteiger partial charge is 0.266 e. The lowest BCUT2D eigenvalue weighted by atomic mass is 10.2. The van der Waals surface area contributed by atoms with Crippen LogP contribution in [-0.4, -0.2) is 10.1 Å². The molecule has 0 spiro atoms. The minimum Gasteiger partial charge on any atom is -0.390 e. The number of aromatic nitrogens is 1. The van der Waals surface area contributed by atoms with E-state index in [1.165, 1.54) is 0 Å². The second-order valence-electron chi connectivity index (χ2n) is 2.33. The summed E-state index contributed by atoms with van der Waals surface area (Å²) in [7, 11) is 0. The zero-order valence-electron chi connectivity index (χ0n) is 6.35. The monoisotopic (exact) mass is 301 g/mol. The van der Waals surface area contributed by atoms with Crippen LogP contribution in [0, 0.1) is 3.57 Å². The van der Waals surface area contributed by atoms with Crippen molar-refractivity contribution in [1.82, 2.24) is 4.98 Å². The summed E-state index contributed by atoms with van der Waals surface area (Å²) in [6.45, 7) is -0.592. The SMILES string of the molecule is O=c1cc(I)c(C(F)F)c(CO)[nH]1. The second-order valence-corrected chi connectivity index (χ2v) is 3.49. The van der Waals surface area contributed by atoms with Crippen molar-refractivity contribution in [2.24, 2.45) is 0 Å². The molecule has 2 N–H and O–H groups in total. The largest absolute Gasteiger partial charge is 0.390 e. The molecule has 0 saturated heterocycles. The molecule has 0 aromatic carbocycles. The van der Waals surface area contributed by atoms with E-state index in [9.17, 15) is 13.6 Å². The molecule has 13 heavy (non-hydrogen) atoms. The number of hydrogen-bond acceptors (Lipinski definition) is 2. The number of hydrogen-bond donors (Lipinski definition) is 2. The quantitative estimate of drug-likeness (QED) is 0.812. The number of halogens is 3. The Kier molecular flexibility index (Phi) is 3.37. The molecule has 6 heteroatoms. The summed E-state index contributed by atoms with van der Waals surface area (Å²) in [5.41, 5.74) is -0.910. The van der Waals surface area contributed by atoms with Gasteiger partial charge in [0.2, 0.25) is 5.56 Å². The van der Waals surface area contributed by atoms with E-state index >= 15 is 0 Å². The van der Waals surface area contributed by atoms with Crippen molar-refractivity contribution in [1.29, 1.82) is 0 Å². The number of H-pyrrole nitrogens is 1. The van der Waals surface area contributed by atoms with E-state index in [0.717, 1.165) is 6.07 Å². The van der Waals surface area contributed by atoms with Crippen molar-refractivity contribution in [2.75, 3.05) is 0 Å². The van der Waals surface area contributed by atoms with Gasteiger partial charge < -0.3 is 10.1 Å². The van der Waals surface area contributed by atoms with E-state index in [0.29, 0.717) is 0 Å². The van der Waals surface area contributed by atoms with Crippen LogP contribution in [-0.2, 0) is 6.61 Å². The highest BCUT2D eigenvalue weighted by Gasteiger charge is 2.17. The topological polar surface area (TPSA) is 53.1 Å². The van der Waals surface area contributed by atoms with Gasteiger partial charge in [0.15, 0.2) is 0 Å². The van der Waals surface area contributed by atoms with Crippen LogP contribution in [0.1, 0.15) is 17.7 Å². The molecule has 0 aliphatic carbocycles. The molecule has 0 aliphatic rings. The van der Waals surface area contributed by atoms with Gasteiger partial charge in [0, 0.05) is 9.64 Å². The summed E-state index contributed by atoms with van der Waals surface area (Å²) in [6.07, 6.45) is -2.69. The summed E-state index contributed by atoms with van der Waals surface area (Å²) < 4.78 is 24.9. The first-order valence-electron chi connectivity index (χ1n) is 3.37. The second kappa shape index (κ2) is 4.14. The van der Waals surface area contributed by atoms with Gasteiger partial charge in [0.1, 0.15) is 0 Å². The van der Waals surface area contributed by atoms with Gasteiger partial charge in [-0.3, -0.25) is 4.79 Å². The summed E-state index contributed by atoms with van der Waals surface area (Å²) >= 11 is 1.64. The van der Waals surface area contributed by atoms with E-state index in [1.54, 1.807) is 22.6 Å². The molecule has 0 bridgehead atoms. The van der Waals surface area contributed by atoms with Gasteiger partial charge in [-0.25, -0.2) is 8.78 Å². The molecule has 0 aliphatic heterocycles. The van der Waals surface area contributed by atoms with E-state index in [-0.39, 0.29) is 14.8 Å². The lowest BCUT2D eigenvalue weighted by molar-refractivity contribution is 0.145. The Morgan fingerprint density at radius 3 is 2.69 bits per heavy atom. The highest BCUT2D eigenvalue weighted by molar-refractivity contribution is 14.1. The van der Waals surface area contributed by atoms with Gasteiger partial charge in [-0.2, -0.15) is 0 Å². The van der Waals surface area contributed by atoms with Crippen LogP contribution in [0.4, 0.5) is 8.78 Å². The molecule has 1 rings (SSSR count). The van der Waals surface area contributed by atoms with Gasteiger partial charge in [0.05, 0.1) is 17.9 Å². The molecule has 1 aromatic heterocycles. The van der Waals surface area contributed by atoms with Gasteiger partial charge in [0.25, 0.3) is 6.43 Å². The molecule has 0 radical (unpaired) electrons. The number of aromatic amines is 1. The van der Waals surface area contributed by atoms with Gasteiger partial charge >= 0.3 is 0 Å². The molecule has 1 heterocycles. The van der Waals surface area contributed by atoms with Crippen molar-refractivity contribution in [3.8, 4) is 0 Å². The Hall–Kier alpha value is -0.500. The van der Waals surface area contributed by atoms with Crippen LogP contribution in [0.25, 0.3) is 0 Å². The van der Waals surface area contributed by atoms with E-state index in [1.807, 2.05) is 0 Å². The predicted octanol–water partition coefficient (Wildman–Crippen LogP) is 1.41. The first kappa shape index (κ1) is 10.6. The van der Waals surface area contributed by atoms with Gasteiger partial charge in [-0.15, -0.1) is 0 Å². The third-order valence-electron chi connectivity index (χ3n) is 1.49. The number of aliphatic hydroxyl groups excluding tert-OH is 1. The van der Waals surface area contributed by atoms with Crippen molar-refractivity contribution in [3.63, 3.8) is 0 Å². The molecular weight excluding hydrogens is 295 g/mol. The van der Waals surface area contributed by atoms with Crippen LogP contribution in [0.5, 0.6) is 0 Å². The van der Waals surface area contributed by atoms with E-state index in [4.69, 9.17) is 5.11 Å². The first-order chi connectivity index (χ1) is 6.06. The third kappa shape index (κ3) is 2.25. The van der Waals surface area contributed by atoms with E-state index < -0.39 is 18.6 Å². The molecule has 0 unspecified atom stereocenters. The molecule has 0 fully saturated rings. The molecular formula is C7H6F2INO2. The Morgan fingerprint density at radius 1 is 1.62 bits per heavy atom. The fourth-order valence-corrected chi connectivity index (χ4v) is 1.79. The maximum atomic E-state index is 12.4. The lowest BCUT2D eigenvalue weighted by Crippen LogP contribution is -2.13. The lowest BCUT2D eigenvalue weighted by Gasteiger charge is -2.07. The maximum Gasteiger partial charge on any atom is 0.266 e. The van der Waals surface area contributed by atoms with Crippen molar-refractivity contribution in [3.05, 3.63) is 31.2 Å². The van der Waals surface area contributed by atoms with Crippen LogP contribution in [0.3, 0.4) is 0 Å². The summed E-state index contributed by atoms with van der Waals surface area (Å²) in [6, 6.07) is 1.07. The highest BCUT2D eigenvalue weighted by atomic mass is 127. The summed E-state index contributed by atoms with van der Waals surface area (Å²) in [4.78, 5) is 13.0. The number of pyridine rings is 1. The Balaban J connectivity index is 3.38. The minimum atomic E-state index is -2.69. The van der Waals surface area contributed by atoms with E-state index in [2.05, 4.69) is 4.98 Å².